The first-order valence-corrected chi connectivity index (χ1v) is 26.1. The summed E-state index contributed by atoms with van der Waals surface area (Å²) in [5.41, 5.74) is 0. The van der Waals surface area contributed by atoms with Crippen molar-refractivity contribution < 1.29 is 38.0 Å². The number of carbonyl (C=O) groups excluding carboxylic acids is 1. The Labute approximate surface area is 386 Å². The van der Waals surface area contributed by atoms with Crippen LogP contribution in [0.15, 0.2) is 97.2 Å². The lowest BCUT2D eigenvalue weighted by molar-refractivity contribution is -0.870. The van der Waals surface area contributed by atoms with Gasteiger partial charge in [0.25, 0.3) is 7.82 Å². The zero-order chi connectivity index (χ0) is 46.5. The lowest BCUT2D eigenvalue weighted by atomic mass is 9.99. The van der Waals surface area contributed by atoms with Gasteiger partial charge < -0.3 is 34.0 Å². The van der Waals surface area contributed by atoms with E-state index in [4.69, 9.17) is 9.05 Å². The van der Waals surface area contributed by atoms with Crippen molar-refractivity contribution >= 4 is 13.7 Å². The Bertz CT molecular complexity index is 1360. The molecule has 0 spiro atoms. The molecule has 0 heterocycles. The third kappa shape index (κ3) is 44.4. The van der Waals surface area contributed by atoms with Gasteiger partial charge in [-0.2, -0.15) is 0 Å². The summed E-state index contributed by atoms with van der Waals surface area (Å²) in [6, 6.07) is -1.10. The van der Waals surface area contributed by atoms with E-state index in [0.29, 0.717) is 23.9 Å². The number of nitrogens with one attached hydrogen (secondary N) is 1. The molecule has 9 nitrogen and oxygen atoms in total. The number of phosphoric ester groups is 1. The Balaban J connectivity index is 4.48. The maximum Gasteiger partial charge on any atom is 0.268 e. The van der Waals surface area contributed by atoms with Gasteiger partial charge in [-0.3, -0.25) is 9.36 Å². The molecule has 1 amide bonds. The number of rotatable bonds is 43. The van der Waals surface area contributed by atoms with Crippen molar-refractivity contribution in [2.45, 2.75) is 193 Å². The van der Waals surface area contributed by atoms with E-state index in [0.717, 1.165) is 89.9 Å². The quantitative estimate of drug-likeness (QED) is 0.0241. The lowest BCUT2D eigenvalue weighted by Crippen LogP contribution is -2.51. The summed E-state index contributed by atoms with van der Waals surface area (Å²) in [7, 11) is 1.08. The van der Waals surface area contributed by atoms with E-state index in [-0.39, 0.29) is 18.9 Å². The summed E-state index contributed by atoms with van der Waals surface area (Å²) in [5, 5.41) is 24.6. The fourth-order valence-corrected chi connectivity index (χ4v) is 7.23. The van der Waals surface area contributed by atoms with Gasteiger partial charge in [-0.15, -0.1) is 0 Å². The van der Waals surface area contributed by atoms with Crippen LogP contribution in [0.25, 0.3) is 0 Å². The number of unbranched alkanes of at least 4 members (excludes halogenated alkanes) is 13. The van der Waals surface area contributed by atoms with Crippen LogP contribution in [-0.4, -0.2) is 79.8 Å². The Morgan fingerprint density at radius 2 is 1.00 bits per heavy atom. The number of allylic oxidation sites excluding steroid dienone is 16. The van der Waals surface area contributed by atoms with Crippen LogP contribution in [0.5, 0.6) is 0 Å². The first kappa shape index (κ1) is 60.4. The summed E-state index contributed by atoms with van der Waals surface area (Å²) < 4.78 is 23.2. The molecule has 0 fully saturated rings. The molecule has 4 atom stereocenters. The van der Waals surface area contributed by atoms with Crippen molar-refractivity contribution in [3.63, 3.8) is 0 Å². The molecule has 0 radical (unpaired) electrons. The zero-order valence-corrected chi connectivity index (χ0v) is 41.5. The van der Waals surface area contributed by atoms with E-state index in [2.05, 4.69) is 116 Å². The van der Waals surface area contributed by atoms with E-state index >= 15 is 0 Å². The second-order valence-corrected chi connectivity index (χ2v) is 19.0. The smallest absolute Gasteiger partial charge is 0.268 e. The molecule has 10 heteroatoms. The van der Waals surface area contributed by atoms with Crippen LogP contribution in [0.2, 0.25) is 0 Å². The first-order chi connectivity index (χ1) is 30.4. The van der Waals surface area contributed by atoms with Crippen LogP contribution in [-0.2, 0) is 18.4 Å². The average molecular weight is 901 g/mol. The molecule has 0 aromatic rings. The second-order valence-electron chi connectivity index (χ2n) is 17.6. The van der Waals surface area contributed by atoms with Gasteiger partial charge in [-0.05, 0) is 77.0 Å². The molecular weight excluding hydrogens is 808 g/mol. The molecular formula is C53H93N2O7P. The van der Waals surface area contributed by atoms with Gasteiger partial charge >= 0.3 is 0 Å². The van der Waals surface area contributed by atoms with Crippen molar-refractivity contribution in [2.75, 3.05) is 40.9 Å². The molecule has 362 valence electrons. The summed E-state index contributed by atoms with van der Waals surface area (Å²) in [6.07, 6.45) is 57.4. The zero-order valence-electron chi connectivity index (χ0n) is 40.6. The van der Waals surface area contributed by atoms with Crippen molar-refractivity contribution in [1.82, 2.24) is 5.32 Å². The van der Waals surface area contributed by atoms with Crippen LogP contribution in [0.1, 0.15) is 174 Å². The third-order valence-electron chi connectivity index (χ3n) is 10.4. The Morgan fingerprint density at radius 3 is 1.43 bits per heavy atom. The number of likely N-dealkylation sites (N-methyl/N-ethyl adjacent to an activating group) is 1. The maximum absolute atomic E-state index is 12.9. The molecule has 0 aliphatic rings. The minimum Gasteiger partial charge on any atom is -0.756 e. The second kappa shape index (κ2) is 43.3. The first-order valence-electron chi connectivity index (χ1n) is 24.7. The van der Waals surface area contributed by atoms with E-state index in [1.165, 1.54) is 51.4 Å². The summed E-state index contributed by atoms with van der Waals surface area (Å²) >= 11 is 0. The summed E-state index contributed by atoms with van der Waals surface area (Å²) in [5.74, 6) is -0.326. The van der Waals surface area contributed by atoms with Gasteiger partial charge in [-0.25, -0.2) is 0 Å². The molecule has 0 aromatic carbocycles. The van der Waals surface area contributed by atoms with E-state index in [9.17, 15) is 24.5 Å². The number of aliphatic hydroxyl groups is 2. The SMILES string of the molecule is CC/C=C\C/C=C\C/C=C\C/C=C\C/C=C\C/C=C\C/C=C\C/C=C\CCCCC(=O)NC(COP(=O)([O-])OCC[N+](C)(C)C)C(O)C(O)CCCCCCCCCCCCCC. The van der Waals surface area contributed by atoms with E-state index < -0.39 is 32.7 Å². The maximum atomic E-state index is 12.9. The molecule has 0 aliphatic carbocycles. The van der Waals surface area contributed by atoms with Crippen molar-refractivity contribution in [2.24, 2.45) is 0 Å². The van der Waals surface area contributed by atoms with Crippen LogP contribution in [0, 0.1) is 0 Å². The number of phosphoric acid groups is 1. The van der Waals surface area contributed by atoms with Crippen molar-refractivity contribution in [3.05, 3.63) is 97.2 Å². The van der Waals surface area contributed by atoms with Gasteiger partial charge in [-0.1, -0.05) is 188 Å². The number of quaternary nitrogens is 1. The van der Waals surface area contributed by atoms with E-state index in [1.54, 1.807) is 0 Å². The Morgan fingerprint density at radius 1 is 0.587 bits per heavy atom. The minimum atomic E-state index is -4.69. The van der Waals surface area contributed by atoms with E-state index in [1.807, 2.05) is 21.1 Å². The molecule has 0 saturated carbocycles. The highest BCUT2D eigenvalue weighted by molar-refractivity contribution is 7.45. The molecule has 0 rings (SSSR count). The van der Waals surface area contributed by atoms with Crippen LogP contribution < -0.4 is 10.2 Å². The molecule has 4 unspecified atom stereocenters. The number of carbonyl (C=O) groups is 1. The number of hydrogen-bond acceptors (Lipinski definition) is 7. The normalized spacial score (nSPS) is 15.5. The topological polar surface area (TPSA) is 128 Å². The highest BCUT2D eigenvalue weighted by Crippen LogP contribution is 2.38. The van der Waals surface area contributed by atoms with Gasteiger partial charge in [0.15, 0.2) is 0 Å². The van der Waals surface area contributed by atoms with Gasteiger partial charge in [0.1, 0.15) is 19.3 Å². The molecule has 0 bridgehead atoms. The number of amides is 1. The van der Waals surface area contributed by atoms with Crippen molar-refractivity contribution in [3.8, 4) is 0 Å². The Kier molecular flexibility index (Phi) is 41.5. The number of hydrogen-bond donors (Lipinski definition) is 3. The van der Waals surface area contributed by atoms with Crippen LogP contribution in [0.3, 0.4) is 0 Å². The van der Waals surface area contributed by atoms with Gasteiger partial charge in [0, 0.05) is 6.42 Å². The van der Waals surface area contributed by atoms with Crippen LogP contribution in [0.4, 0.5) is 0 Å². The minimum absolute atomic E-state index is 0.0551. The van der Waals surface area contributed by atoms with Gasteiger partial charge in [0.05, 0.1) is 39.9 Å². The predicted molar refractivity (Wildman–Crippen MR) is 266 cm³/mol. The molecule has 0 aliphatic heterocycles. The summed E-state index contributed by atoms with van der Waals surface area (Å²) in [6.45, 7) is 4.26. The lowest BCUT2D eigenvalue weighted by Gasteiger charge is -2.31. The predicted octanol–water partition coefficient (Wildman–Crippen LogP) is 12.6. The third-order valence-corrected chi connectivity index (χ3v) is 11.4. The fourth-order valence-electron chi connectivity index (χ4n) is 6.50. The average Bonchev–Trinajstić information content (AvgIpc) is 3.24. The monoisotopic (exact) mass is 901 g/mol. The molecule has 3 N–H and O–H groups in total. The Hall–Kier alpha value is -2.62. The van der Waals surface area contributed by atoms with Crippen LogP contribution >= 0.6 is 7.82 Å². The molecule has 0 aromatic heterocycles. The molecule has 0 saturated heterocycles. The highest BCUT2D eigenvalue weighted by Gasteiger charge is 2.29. The fraction of sp³-hybridized carbons (Fsp3) is 0.679. The number of nitrogens with zero attached hydrogens (tertiary/aromatic N) is 1. The van der Waals surface area contributed by atoms with Crippen molar-refractivity contribution in [1.29, 1.82) is 0 Å². The highest BCUT2D eigenvalue weighted by atomic mass is 31.2. The largest absolute Gasteiger partial charge is 0.756 e. The summed E-state index contributed by atoms with van der Waals surface area (Å²) in [4.78, 5) is 25.4. The molecule has 63 heavy (non-hydrogen) atoms. The van der Waals surface area contributed by atoms with Gasteiger partial charge in [0.2, 0.25) is 5.91 Å². The standard InChI is InChI=1S/C53H93N2O7P/c1-6-8-10-12-14-16-18-20-21-22-23-24-25-26-27-28-29-30-31-32-33-34-36-38-40-42-44-46-52(57)54-50(49-62-63(59,60)61-48-47-55(3,4)5)53(58)51(56)45-43-41-39-37-35-19-17-15-13-11-9-7-2/h8,10,14,16,20-21,23-24,26-27,29-30,32-33,36,38,50-51,53,56,58H,6-7,9,11-13,15,17-19,22,25,28,31,34-35,37,39-49H2,1-5H3,(H-,54,57,59,60)/b10-8-,16-14-,21-20-,24-23-,27-26-,30-29-,33-32-,38-36-. The number of aliphatic hydroxyl groups excluding tert-OH is 2.